The molecule has 0 aliphatic carbocycles. The molecule has 204 valence electrons. The van der Waals surface area contributed by atoms with Gasteiger partial charge in [-0.3, -0.25) is 4.79 Å². The van der Waals surface area contributed by atoms with Gasteiger partial charge in [-0.2, -0.15) is 0 Å². The summed E-state index contributed by atoms with van der Waals surface area (Å²) in [7, 11) is 4.02. The first-order valence-corrected chi connectivity index (χ1v) is 14.0. The molecule has 5 rings (SSSR count). The fourth-order valence-corrected chi connectivity index (χ4v) is 5.27. The largest absolute Gasteiger partial charge is 0.385 e. The first-order chi connectivity index (χ1) is 19.0. The first-order valence-electron chi connectivity index (χ1n) is 13.6. The molecular weight excluding hydrogens is 510 g/mol. The summed E-state index contributed by atoms with van der Waals surface area (Å²) in [6, 6.07) is 14.2. The maximum Gasteiger partial charge on any atom is 0.222 e. The quantitative estimate of drug-likeness (QED) is 0.282. The maximum absolute atomic E-state index is 12.9. The third-order valence-electron chi connectivity index (χ3n) is 7.32. The van der Waals surface area contributed by atoms with E-state index in [0.717, 1.165) is 84.3 Å². The van der Waals surface area contributed by atoms with Gasteiger partial charge < -0.3 is 25.4 Å². The molecule has 1 aliphatic rings. The number of hydrogen-bond acceptors (Lipinski definition) is 6. The van der Waals surface area contributed by atoms with Gasteiger partial charge in [0, 0.05) is 55.7 Å². The molecule has 0 saturated heterocycles. The Bertz CT molecular complexity index is 1420. The highest BCUT2D eigenvalue weighted by atomic mass is 35.5. The summed E-state index contributed by atoms with van der Waals surface area (Å²) in [6.07, 6.45) is 7.62. The number of rotatable bonds is 5. The van der Waals surface area contributed by atoms with Crippen molar-refractivity contribution in [2.45, 2.75) is 38.6 Å². The van der Waals surface area contributed by atoms with E-state index in [-0.39, 0.29) is 5.91 Å². The van der Waals surface area contributed by atoms with Crippen LogP contribution in [0.2, 0.25) is 5.02 Å². The molecule has 3 heterocycles. The Morgan fingerprint density at radius 2 is 1.87 bits per heavy atom. The maximum atomic E-state index is 12.9. The number of carbonyl (C=O) groups is 1. The molecular formula is C30H36ClN7O. The van der Waals surface area contributed by atoms with Gasteiger partial charge in [-0.05, 0) is 92.4 Å². The topological polar surface area (TPSA) is 89.2 Å². The van der Waals surface area contributed by atoms with Crippen molar-refractivity contribution in [1.82, 2.24) is 24.8 Å². The van der Waals surface area contributed by atoms with Gasteiger partial charge in [-0.1, -0.05) is 17.7 Å². The second kappa shape index (κ2) is 12.5. The van der Waals surface area contributed by atoms with Gasteiger partial charge in [-0.15, -0.1) is 0 Å². The van der Waals surface area contributed by atoms with Crippen LogP contribution >= 0.6 is 11.6 Å². The third kappa shape index (κ3) is 6.88. The fourth-order valence-electron chi connectivity index (χ4n) is 5.15. The van der Waals surface area contributed by atoms with Crippen LogP contribution in [0.25, 0.3) is 11.0 Å². The van der Waals surface area contributed by atoms with Crippen molar-refractivity contribution in [3.8, 4) is 0 Å². The Morgan fingerprint density at radius 1 is 1.03 bits per heavy atom. The van der Waals surface area contributed by atoms with Crippen molar-refractivity contribution in [3.05, 3.63) is 76.7 Å². The van der Waals surface area contributed by atoms with Crippen LogP contribution in [-0.2, 0) is 24.2 Å². The van der Waals surface area contributed by atoms with E-state index in [0.29, 0.717) is 12.8 Å². The summed E-state index contributed by atoms with van der Waals surface area (Å²) < 4.78 is 0. The Balaban J connectivity index is 1.38. The minimum Gasteiger partial charge on any atom is -0.385 e. The van der Waals surface area contributed by atoms with Gasteiger partial charge in [0.15, 0.2) is 0 Å². The van der Waals surface area contributed by atoms with E-state index >= 15 is 0 Å². The lowest BCUT2D eigenvalue weighted by atomic mass is 9.97. The van der Waals surface area contributed by atoms with E-state index in [4.69, 9.17) is 11.6 Å². The highest BCUT2D eigenvalue weighted by Gasteiger charge is 2.16. The van der Waals surface area contributed by atoms with Crippen LogP contribution in [-0.4, -0.2) is 64.4 Å². The van der Waals surface area contributed by atoms with Crippen LogP contribution in [0.15, 0.2) is 55.0 Å². The molecule has 0 unspecified atom stereocenters. The van der Waals surface area contributed by atoms with E-state index in [1.807, 2.05) is 42.4 Å². The third-order valence-corrected chi connectivity index (χ3v) is 7.58. The normalized spacial score (nSPS) is 15.4. The monoisotopic (exact) mass is 545 g/mol. The van der Waals surface area contributed by atoms with E-state index in [9.17, 15) is 4.79 Å². The van der Waals surface area contributed by atoms with Crippen LogP contribution in [0, 0.1) is 0 Å². The zero-order valence-corrected chi connectivity index (χ0v) is 23.4. The average Bonchev–Trinajstić information content (AvgIpc) is 3.34. The number of carbonyl (C=O) groups excluding carboxylic acids is 1. The fraction of sp³-hybridized carbons (Fsp3) is 0.367. The molecule has 4 aromatic rings. The van der Waals surface area contributed by atoms with Gasteiger partial charge in [0.25, 0.3) is 0 Å². The van der Waals surface area contributed by atoms with Crippen LogP contribution < -0.4 is 10.6 Å². The number of aromatic amines is 1. The number of anilines is 3. The highest BCUT2D eigenvalue weighted by Crippen LogP contribution is 2.29. The summed E-state index contributed by atoms with van der Waals surface area (Å²) in [6.45, 7) is 3.27. The Labute approximate surface area is 234 Å². The van der Waals surface area contributed by atoms with Crippen molar-refractivity contribution in [3.63, 3.8) is 0 Å². The number of amides is 1. The summed E-state index contributed by atoms with van der Waals surface area (Å²) >= 11 is 6.00. The summed E-state index contributed by atoms with van der Waals surface area (Å²) in [5.41, 5.74) is 6.46. The number of halogens is 1. The summed E-state index contributed by atoms with van der Waals surface area (Å²) in [5.74, 6) is 0.974. The van der Waals surface area contributed by atoms with Crippen LogP contribution in [0.5, 0.6) is 0 Å². The molecule has 0 atom stereocenters. The number of aryl methyl sites for hydroxylation is 2. The standard InChI is InChI=1S/C30H36ClN7O/c1-37-15-4-16-38(2)27(39)13-7-22-17-26(36-30-28-23(19-37)18-33-29(28)34-20-35-30)10-6-21(22)5-3-14-32-25-11-8-24(31)9-12-25/h6,8-12,17-18,20,32H,3-5,7,13-16,19H2,1-2H3,(H2,33,34,35,36). The van der Waals surface area contributed by atoms with Gasteiger partial charge in [0.2, 0.25) is 5.91 Å². The molecule has 3 N–H and O–H groups in total. The molecule has 8 nitrogen and oxygen atoms in total. The number of fused-ring (bicyclic) bond motifs is 2. The molecule has 1 amide bonds. The van der Waals surface area contributed by atoms with Crippen molar-refractivity contribution in [2.75, 3.05) is 44.4 Å². The molecule has 2 bridgehead atoms. The Hall–Kier alpha value is -3.62. The highest BCUT2D eigenvalue weighted by molar-refractivity contribution is 6.30. The first kappa shape index (κ1) is 27.0. The van der Waals surface area contributed by atoms with E-state index < -0.39 is 0 Å². The zero-order chi connectivity index (χ0) is 27.2. The van der Waals surface area contributed by atoms with Crippen LogP contribution in [0.1, 0.15) is 36.0 Å². The molecule has 2 aromatic heterocycles. The Kier molecular flexibility index (Phi) is 8.64. The molecule has 2 aromatic carbocycles. The van der Waals surface area contributed by atoms with E-state index in [1.54, 1.807) is 6.33 Å². The molecule has 0 radical (unpaired) electrons. The van der Waals surface area contributed by atoms with Crippen molar-refractivity contribution < 1.29 is 4.79 Å². The minimum absolute atomic E-state index is 0.184. The van der Waals surface area contributed by atoms with Crippen molar-refractivity contribution in [1.29, 1.82) is 0 Å². The van der Waals surface area contributed by atoms with Crippen molar-refractivity contribution >= 4 is 45.7 Å². The van der Waals surface area contributed by atoms with Gasteiger partial charge in [0.1, 0.15) is 17.8 Å². The van der Waals surface area contributed by atoms with Crippen molar-refractivity contribution in [2.24, 2.45) is 0 Å². The Morgan fingerprint density at radius 3 is 2.72 bits per heavy atom. The predicted octanol–water partition coefficient (Wildman–Crippen LogP) is 5.63. The lowest BCUT2D eigenvalue weighted by Crippen LogP contribution is -2.30. The second-order valence-electron chi connectivity index (χ2n) is 10.3. The predicted molar refractivity (Wildman–Crippen MR) is 159 cm³/mol. The number of nitrogens with zero attached hydrogens (tertiary/aromatic N) is 4. The lowest BCUT2D eigenvalue weighted by Gasteiger charge is -2.21. The smallest absolute Gasteiger partial charge is 0.222 e. The number of nitrogens with one attached hydrogen (secondary N) is 3. The molecule has 1 aliphatic heterocycles. The average molecular weight is 546 g/mol. The zero-order valence-electron chi connectivity index (χ0n) is 22.6. The summed E-state index contributed by atoms with van der Waals surface area (Å²) in [4.78, 5) is 29.4. The molecule has 0 fully saturated rings. The van der Waals surface area contributed by atoms with Gasteiger partial charge in [0.05, 0.1) is 5.39 Å². The lowest BCUT2D eigenvalue weighted by molar-refractivity contribution is -0.129. The molecule has 0 spiro atoms. The summed E-state index contributed by atoms with van der Waals surface area (Å²) in [5, 5.41) is 8.76. The molecule has 39 heavy (non-hydrogen) atoms. The number of aromatic nitrogens is 3. The molecule has 9 heteroatoms. The van der Waals surface area contributed by atoms with Crippen LogP contribution in [0.4, 0.5) is 17.2 Å². The minimum atomic E-state index is 0.184. The number of benzene rings is 2. The number of hydrogen-bond donors (Lipinski definition) is 3. The van der Waals surface area contributed by atoms with E-state index in [1.165, 1.54) is 11.1 Å². The number of H-pyrrole nitrogens is 1. The second-order valence-corrected chi connectivity index (χ2v) is 10.7. The molecule has 0 saturated carbocycles. The SMILES string of the molecule is CN1CCCN(C)C(=O)CCc2cc(ccc2CCCNc2ccc(Cl)cc2)Nc2ncnc3[nH]cc(c23)C1. The van der Waals surface area contributed by atoms with Gasteiger partial charge >= 0.3 is 0 Å². The van der Waals surface area contributed by atoms with Crippen LogP contribution in [0.3, 0.4) is 0 Å². The van der Waals surface area contributed by atoms with E-state index in [2.05, 4.69) is 55.7 Å². The van der Waals surface area contributed by atoms with Gasteiger partial charge in [-0.25, -0.2) is 9.97 Å².